The minimum absolute atomic E-state index is 0.00824. The number of imide groups is 1. The lowest BCUT2D eigenvalue weighted by molar-refractivity contribution is -0.135. The molecular formula is C13H12F2N2O4. The fourth-order valence-electron chi connectivity index (χ4n) is 2.17. The zero-order valence-corrected chi connectivity index (χ0v) is 10.8. The van der Waals surface area contributed by atoms with E-state index in [1.165, 1.54) is 0 Å². The highest BCUT2D eigenvalue weighted by atomic mass is 19.1. The van der Waals surface area contributed by atoms with Gasteiger partial charge in [-0.15, -0.1) is 0 Å². The van der Waals surface area contributed by atoms with Gasteiger partial charge in [0.05, 0.1) is 5.92 Å². The zero-order valence-electron chi connectivity index (χ0n) is 10.8. The fourth-order valence-corrected chi connectivity index (χ4v) is 2.17. The lowest BCUT2D eigenvalue weighted by Crippen LogP contribution is -2.40. The van der Waals surface area contributed by atoms with Gasteiger partial charge in [0.1, 0.15) is 18.2 Å². The summed E-state index contributed by atoms with van der Waals surface area (Å²) in [6.45, 7) is -0.489. The molecule has 8 heteroatoms. The van der Waals surface area contributed by atoms with E-state index >= 15 is 0 Å². The Bertz CT molecular complexity index is 595. The second kappa shape index (κ2) is 5.86. The van der Waals surface area contributed by atoms with Gasteiger partial charge in [0.2, 0.25) is 11.8 Å². The van der Waals surface area contributed by atoms with Crippen molar-refractivity contribution in [3.05, 3.63) is 29.3 Å². The predicted octanol–water partition coefficient (Wildman–Crippen LogP) is 0.982. The Morgan fingerprint density at radius 1 is 1.33 bits per heavy atom. The number of carbonyl (C=O) groups excluding carboxylic acids is 2. The summed E-state index contributed by atoms with van der Waals surface area (Å²) in [5.41, 5.74) is -0.454. The average molecular weight is 298 g/mol. The van der Waals surface area contributed by atoms with E-state index in [2.05, 4.69) is 5.32 Å². The number of nitrogens with one attached hydrogen (secondary N) is 2. The highest BCUT2D eigenvalue weighted by Gasteiger charge is 2.32. The van der Waals surface area contributed by atoms with Crippen LogP contribution in [-0.2, 0) is 14.4 Å². The number of aliphatic carboxylic acids is 1. The summed E-state index contributed by atoms with van der Waals surface area (Å²) in [5, 5.41) is 12.9. The van der Waals surface area contributed by atoms with Gasteiger partial charge in [0.15, 0.2) is 0 Å². The SMILES string of the molecule is O=C(O)CNc1cc(F)c(C2CCC(=O)NC2=O)c(F)c1. The third-order valence-electron chi connectivity index (χ3n) is 3.11. The third-order valence-corrected chi connectivity index (χ3v) is 3.11. The van der Waals surface area contributed by atoms with Crippen molar-refractivity contribution in [1.29, 1.82) is 0 Å². The van der Waals surface area contributed by atoms with E-state index < -0.39 is 47.4 Å². The quantitative estimate of drug-likeness (QED) is 0.720. The minimum atomic E-state index is -1.18. The molecule has 1 saturated heterocycles. The number of carbonyl (C=O) groups is 3. The molecule has 112 valence electrons. The van der Waals surface area contributed by atoms with Crippen molar-refractivity contribution in [2.24, 2.45) is 0 Å². The number of hydrogen-bond donors (Lipinski definition) is 3. The monoisotopic (exact) mass is 298 g/mol. The van der Waals surface area contributed by atoms with Crippen molar-refractivity contribution in [1.82, 2.24) is 5.32 Å². The van der Waals surface area contributed by atoms with Crippen LogP contribution in [0, 0.1) is 11.6 Å². The first-order valence-electron chi connectivity index (χ1n) is 6.16. The summed E-state index contributed by atoms with van der Waals surface area (Å²) in [6.07, 6.45) is 0.0364. The van der Waals surface area contributed by atoms with Crippen molar-refractivity contribution < 1.29 is 28.3 Å². The van der Waals surface area contributed by atoms with Gasteiger partial charge in [-0.25, -0.2) is 8.78 Å². The van der Waals surface area contributed by atoms with Gasteiger partial charge in [-0.3, -0.25) is 19.7 Å². The Kier molecular flexibility index (Phi) is 4.15. The van der Waals surface area contributed by atoms with Gasteiger partial charge >= 0.3 is 5.97 Å². The highest BCUT2D eigenvalue weighted by Crippen LogP contribution is 2.31. The molecule has 3 N–H and O–H groups in total. The summed E-state index contributed by atoms with van der Waals surface area (Å²) >= 11 is 0. The van der Waals surface area contributed by atoms with Crippen LogP contribution in [0.3, 0.4) is 0 Å². The fraction of sp³-hybridized carbons (Fsp3) is 0.308. The van der Waals surface area contributed by atoms with Gasteiger partial charge in [0.25, 0.3) is 0 Å². The van der Waals surface area contributed by atoms with Crippen molar-refractivity contribution in [3.63, 3.8) is 0 Å². The van der Waals surface area contributed by atoms with E-state index in [-0.39, 0.29) is 18.5 Å². The molecule has 0 saturated carbocycles. The minimum Gasteiger partial charge on any atom is -0.480 e. The maximum atomic E-state index is 14.0. The molecule has 1 aliphatic rings. The van der Waals surface area contributed by atoms with Crippen LogP contribution >= 0.6 is 0 Å². The molecule has 1 atom stereocenters. The van der Waals surface area contributed by atoms with Crippen LogP contribution in [0.2, 0.25) is 0 Å². The molecule has 0 aliphatic carbocycles. The van der Waals surface area contributed by atoms with E-state index in [0.29, 0.717) is 0 Å². The molecule has 1 fully saturated rings. The smallest absolute Gasteiger partial charge is 0.322 e. The van der Waals surface area contributed by atoms with E-state index in [9.17, 15) is 23.2 Å². The predicted molar refractivity (Wildman–Crippen MR) is 67.6 cm³/mol. The number of halogens is 2. The molecule has 0 spiro atoms. The second-order valence-corrected chi connectivity index (χ2v) is 4.60. The zero-order chi connectivity index (χ0) is 15.6. The van der Waals surface area contributed by atoms with Gasteiger partial charge in [0, 0.05) is 17.7 Å². The number of benzene rings is 1. The Balaban J connectivity index is 2.26. The molecule has 0 radical (unpaired) electrons. The molecule has 21 heavy (non-hydrogen) atoms. The topological polar surface area (TPSA) is 95.5 Å². The average Bonchev–Trinajstić information content (AvgIpc) is 2.38. The third kappa shape index (κ3) is 3.33. The van der Waals surface area contributed by atoms with E-state index in [4.69, 9.17) is 5.11 Å². The maximum Gasteiger partial charge on any atom is 0.322 e. The highest BCUT2D eigenvalue weighted by molar-refractivity contribution is 6.01. The van der Waals surface area contributed by atoms with Crippen LogP contribution < -0.4 is 10.6 Å². The molecule has 2 rings (SSSR count). The van der Waals surface area contributed by atoms with E-state index in [1.54, 1.807) is 0 Å². The lowest BCUT2D eigenvalue weighted by atomic mass is 9.89. The summed E-state index contributed by atoms with van der Waals surface area (Å²) in [6, 6.07) is 1.84. The van der Waals surface area contributed by atoms with Crippen LogP contribution in [-0.4, -0.2) is 29.4 Å². The number of piperidine rings is 1. The van der Waals surface area contributed by atoms with Gasteiger partial charge in [-0.2, -0.15) is 0 Å². The van der Waals surface area contributed by atoms with Crippen molar-refractivity contribution in [2.45, 2.75) is 18.8 Å². The molecule has 1 unspecified atom stereocenters. The number of hydrogen-bond acceptors (Lipinski definition) is 4. The molecule has 0 bridgehead atoms. The van der Waals surface area contributed by atoms with Crippen LogP contribution in [0.4, 0.5) is 14.5 Å². The molecule has 1 aliphatic heterocycles. The van der Waals surface area contributed by atoms with Crippen LogP contribution in [0.15, 0.2) is 12.1 Å². The summed E-state index contributed by atoms with van der Waals surface area (Å²) in [5.74, 6) is -5.39. The lowest BCUT2D eigenvalue weighted by Gasteiger charge is -2.22. The summed E-state index contributed by atoms with van der Waals surface area (Å²) < 4.78 is 28.0. The molecule has 1 aromatic rings. The Hall–Kier alpha value is -2.51. The largest absolute Gasteiger partial charge is 0.480 e. The maximum absolute atomic E-state index is 14.0. The molecule has 2 amide bonds. The summed E-state index contributed by atoms with van der Waals surface area (Å²) in [4.78, 5) is 33.1. The first-order valence-corrected chi connectivity index (χ1v) is 6.16. The molecule has 6 nitrogen and oxygen atoms in total. The number of carboxylic acid groups (broad SMARTS) is 1. The number of rotatable bonds is 4. The van der Waals surface area contributed by atoms with Crippen LogP contribution in [0.25, 0.3) is 0 Å². The first kappa shape index (κ1) is 14.9. The van der Waals surface area contributed by atoms with Crippen molar-refractivity contribution in [2.75, 3.05) is 11.9 Å². The first-order chi connectivity index (χ1) is 9.88. The second-order valence-electron chi connectivity index (χ2n) is 4.60. The molecular weight excluding hydrogens is 286 g/mol. The van der Waals surface area contributed by atoms with Gasteiger partial charge < -0.3 is 10.4 Å². The Labute approximate surface area is 118 Å². The van der Waals surface area contributed by atoms with E-state index in [0.717, 1.165) is 12.1 Å². The molecule has 0 aromatic heterocycles. The van der Waals surface area contributed by atoms with Gasteiger partial charge in [-0.1, -0.05) is 0 Å². The standard InChI is InChI=1S/C13H12F2N2O4/c14-8-3-6(16-5-11(19)20)4-9(15)12(8)7-1-2-10(18)17-13(7)21/h3-4,7,16H,1-2,5H2,(H,19,20)(H,17,18,21). The van der Waals surface area contributed by atoms with Crippen LogP contribution in [0.1, 0.15) is 24.3 Å². The molecule has 1 heterocycles. The van der Waals surface area contributed by atoms with Crippen LogP contribution in [0.5, 0.6) is 0 Å². The van der Waals surface area contributed by atoms with Gasteiger partial charge in [-0.05, 0) is 18.6 Å². The number of anilines is 1. The normalized spacial score (nSPS) is 18.3. The van der Waals surface area contributed by atoms with Crippen molar-refractivity contribution >= 4 is 23.5 Å². The Morgan fingerprint density at radius 3 is 2.48 bits per heavy atom. The molecule has 1 aromatic carbocycles. The number of carboxylic acids is 1. The van der Waals surface area contributed by atoms with E-state index in [1.807, 2.05) is 5.32 Å². The Morgan fingerprint density at radius 2 is 1.95 bits per heavy atom. The number of amides is 2. The summed E-state index contributed by atoms with van der Waals surface area (Å²) in [7, 11) is 0. The van der Waals surface area contributed by atoms with Crippen molar-refractivity contribution in [3.8, 4) is 0 Å².